The van der Waals surface area contributed by atoms with Crippen LogP contribution >= 0.6 is 0 Å². The van der Waals surface area contributed by atoms with Gasteiger partial charge in [-0.2, -0.15) is 0 Å². The van der Waals surface area contributed by atoms with Crippen molar-refractivity contribution in [2.24, 2.45) is 17.8 Å². The summed E-state index contributed by atoms with van der Waals surface area (Å²) >= 11 is 0. The van der Waals surface area contributed by atoms with Gasteiger partial charge in [0.15, 0.2) is 0 Å². The molecule has 2 saturated carbocycles. The Morgan fingerprint density at radius 1 is 1.04 bits per heavy atom. The summed E-state index contributed by atoms with van der Waals surface area (Å²) < 4.78 is 6.13. The molecule has 3 rings (SSSR count). The Morgan fingerprint density at radius 3 is 2.42 bits per heavy atom. The molecule has 0 unspecified atom stereocenters. The minimum absolute atomic E-state index is 0.0779. The molecular formula is C22H40N2O2. The fourth-order valence-corrected chi connectivity index (χ4v) is 5.64. The van der Waals surface area contributed by atoms with Crippen LogP contribution < -0.4 is 0 Å². The first-order valence-electron chi connectivity index (χ1n) is 11.1. The number of hydrogen-bond donors (Lipinski definition) is 0. The molecule has 4 nitrogen and oxygen atoms in total. The van der Waals surface area contributed by atoms with Crippen molar-refractivity contribution < 1.29 is 9.53 Å². The van der Waals surface area contributed by atoms with Crippen LogP contribution in [0, 0.1) is 17.8 Å². The predicted octanol–water partition coefficient (Wildman–Crippen LogP) is 4.92. The first kappa shape index (κ1) is 20.0. The van der Waals surface area contributed by atoms with E-state index in [0.717, 1.165) is 12.8 Å². The molecule has 3 aliphatic rings. The van der Waals surface area contributed by atoms with Gasteiger partial charge < -0.3 is 9.64 Å². The van der Waals surface area contributed by atoms with Gasteiger partial charge in [0.05, 0.1) is 6.04 Å². The van der Waals surface area contributed by atoms with E-state index in [1.165, 1.54) is 58.0 Å². The summed E-state index contributed by atoms with van der Waals surface area (Å²) in [7, 11) is 1.98. The lowest BCUT2D eigenvalue weighted by molar-refractivity contribution is -0.0205. The lowest BCUT2D eigenvalue weighted by Gasteiger charge is -2.43. The Bertz CT molecular complexity index is 461. The molecule has 4 heteroatoms. The van der Waals surface area contributed by atoms with Crippen LogP contribution in [-0.4, -0.2) is 54.2 Å². The van der Waals surface area contributed by atoms with Crippen molar-refractivity contribution >= 4 is 6.09 Å². The summed E-state index contributed by atoms with van der Waals surface area (Å²) in [5.74, 6) is 1.77. The van der Waals surface area contributed by atoms with Crippen LogP contribution in [0.1, 0.15) is 78.6 Å². The summed E-state index contributed by atoms with van der Waals surface area (Å²) in [5, 5.41) is 0. The third-order valence-corrected chi connectivity index (χ3v) is 7.30. The van der Waals surface area contributed by atoms with Gasteiger partial charge in [-0.3, -0.25) is 4.90 Å². The van der Waals surface area contributed by atoms with Crippen LogP contribution in [0.4, 0.5) is 4.79 Å². The number of ether oxygens (including phenoxy) is 1. The number of carbonyl (C=O) groups is 1. The first-order valence-corrected chi connectivity index (χ1v) is 11.1. The van der Waals surface area contributed by atoms with Crippen LogP contribution in [0.5, 0.6) is 0 Å². The summed E-state index contributed by atoms with van der Waals surface area (Å²) in [5.41, 5.74) is 0. The third-order valence-electron chi connectivity index (χ3n) is 7.30. The van der Waals surface area contributed by atoms with Gasteiger partial charge in [0, 0.05) is 13.1 Å². The van der Waals surface area contributed by atoms with E-state index in [0.29, 0.717) is 29.8 Å². The Hall–Kier alpha value is -0.770. The van der Waals surface area contributed by atoms with E-state index >= 15 is 0 Å². The van der Waals surface area contributed by atoms with Crippen molar-refractivity contribution in [1.82, 2.24) is 9.80 Å². The predicted molar refractivity (Wildman–Crippen MR) is 106 cm³/mol. The van der Waals surface area contributed by atoms with Gasteiger partial charge in [0.2, 0.25) is 0 Å². The SMILES string of the molecule is CC(C)[C@@H]1CC[C@@H](C)C[C@H]1OC(=O)N(C)[C@H]1CCCC[C@H]1N1CCCC1. The molecular weight excluding hydrogens is 324 g/mol. The molecule has 0 aromatic carbocycles. The Labute approximate surface area is 160 Å². The molecule has 150 valence electrons. The highest BCUT2D eigenvalue weighted by molar-refractivity contribution is 5.68. The molecule has 5 atom stereocenters. The third kappa shape index (κ3) is 4.55. The van der Waals surface area contributed by atoms with Crippen molar-refractivity contribution in [3.05, 3.63) is 0 Å². The fraction of sp³-hybridized carbons (Fsp3) is 0.955. The number of nitrogens with zero attached hydrogens (tertiary/aromatic N) is 2. The monoisotopic (exact) mass is 364 g/mol. The van der Waals surface area contributed by atoms with Gasteiger partial charge in [0.1, 0.15) is 6.10 Å². The number of hydrogen-bond acceptors (Lipinski definition) is 3. The lowest BCUT2D eigenvalue weighted by Crippen LogP contribution is -2.54. The van der Waals surface area contributed by atoms with Gasteiger partial charge >= 0.3 is 6.09 Å². The van der Waals surface area contributed by atoms with Gasteiger partial charge in [-0.1, -0.05) is 40.0 Å². The maximum atomic E-state index is 13.0. The molecule has 0 aromatic rings. The zero-order valence-corrected chi connectivity index (χ0v) is 17.5. The molecule has 1 aliphatic heterocycles. The van der Waals surface area contributed by atoms with Crippen molar-refractivity contribution in [2.45, 2.75) is 96.7 Å². The molecule has 2 aliphatic carbocycles. The summed E-state index contributed by atoms with van der Waals surface area (Å²) in [4.78, 5) is 17.6. The van der Waals surface area contributed by atoms with Gasteiger partial charge in [-0.15, -0.1) is 0 Å². The maximum absolute atomic E-state index is 13.0. The van der Waals surface area contributed by atoms with E-state index in [2.05, 4.69) is 25.7 Å². The molecule has 1 saturated heterocycles. The normalized spacial score (nSPS) is 36.3. The van der Waals surface area contributed by atoms with E-state index in [9.17, 15) is 4.79 Å². The second kappa shape index (κ2) is 8.95. The smallest absolute Gasteiger partial charge is 0.410 e. The molecule has 0 radical (unpaired) electrons. The average Bonchev–Trinajstić information content (AvgIpc) is 3.15. The highest BCUT2D eigenvalue weighted by atomic mass is 16.6. The minimum atomic E-state index is -0.0779. The number of amides is 1. The molecule has 0 N–H and O–H groups in total. The fourth-order valence-electron chi connectivity index (χ4n) is 5.64. The zero-order valence-electron chi connectivity index (χ0n) is 17.5. The highest BCUT2D eigenvalue weighted by Gasteiger charge is 2.38. The standard InChI is InChI=1S/C22H40N2O2/c1-16(2)18-12-11-17(3)15-21(18)26-22(25)23(4)19-9-5-6-10-20(19)24-13-7-8-14-24/h16-21H,5-15H2,1-4H3/t17-,18+,19+,20-,21-/m1/s1. The van der Waals surface area contributed by atoms with Crippen LogP contribution in [0.3, 0.4) is 0 Å². The zero-order chi connectivity index (χ0) is 18.7. The van der Waals surface area contributed by atoms with E-state index in [1.807, 2.05) is 11.9 Å². The van der Waals surface area contributed by atoms with E-state index in [4.69, 9.17) is 4.74 Å². The van der Waals surface area contributed by atoms with Gasteiger partial charge in [0.25, 0.3) is 0 Å². The molecule has 0 spiro atoms. The van der Waals surface area contributed by atoms with Crippen LogP contribution in [0.25, 0.3) is 0 Å². The van der Waals surface area contributed by atoms with Crippen molar-refractivity contribution in [2.75, 3.05) is 20.1 Å². The highest BCUT2D eigenvalue weighted by Crippen LogP contribution is 2.36. The average molecular weight is 365 g/mol. The molecule has 1 heterocycles. The van der Waals surface area contributed by atoms with Crippen LogP contribution in [-0.2, 0) is 4.74 Å². The van der Waals surface area contributed by atoms with Crippen LogP contribution in [0.15, 0.2) is 0 Å². The molecule has 26 heavy (non-hydrogen) atoms. The Balaban J connectivity index is 1.63. The largest absolute Gasteiger partial charge is 0.446 e. The number of rotatable bonds is 4. The minimum Gasteiger partial charge on any atom is -0.446 e. The topological polar surface area (TPSA) is 32.8 Å². The van der Waals surface area contributed by atoms with Gasteiger partial charge in [-0.05, 0) is 69.4 Å². The second-order valence-electron chi connectivity index (χ2n) is 9.52. The maximum Gasteiger partial charge on any atom is 0.410 e. The summed E-state index contributed by atoms with van der Waals surface area (Å²) in [6, 6.07) is 0.864. The van der Waals surface area contributed by atoms with E-state index in [-0.39, 0.29) is 12.2 Å². The summed E-state index contributed by atoms with van der Waals surface area (Å²) in [6.45, 7) is 9.26. The van der Waals surface area contributed by atoms with Crippen LogP contribution in [0.2, 0.25) is 0 Å². The molecule has 3 fully saturated rings. The van der Waals surface area contributed by atoms with Crippen molar-refractivity contribution in [1.29, 1.82) is 0 Å². The summed E-state index contributed by atoms with van der Waals surface area (Å²) in [6.07, 6.45) is 11.0. The van der Waals surface area contributed by atoms with Gasteiger partial charge in [-0.25, -0.2) is 4.79 Å². The second-order valence-corrected chi connectivity index (χ2v) is 9.52. The molecule has 0 bridgehead atoms. The van der Waals surface area contributed by atoms with E-state index < -0.39 is 0 Å². The van der Waals surface area contributed by atoms with E-state index in [1.54, 1.807) is 0 Å². The Morgan fingerprint density at radius 2 is 1.73 bits per heavy atom. The lowest BCUT2D eigenvalue weighted by atomic mass is 9.75. The Kier molecular flexibility index (Phi) is 6.87. The number of carbonyl (C=O) groups excluding carboxylic acids is 1. The van der Waals surface area contributed by atoms with Crippen molar-refractivity contribution in [3.63, 3.8) is 0 Å². The first-order chi connectivity index (χ1) is 12.5. The van der Waals surface area contributed by atoms with Crippen molar-refractivity contribution in [3.8, 4) is 0 Å². The number of likely N-dealkylation sites (N-methyl/N-ethyl adjacent to an activating group) is 1. The number of likely N-dealkylation sites (tertiary alicyclic amines) is 1. The quantitative estimate of drug-likeness (QED) is 0.709. The molecule has 1 amide bonds. The molecule has 0 aromatic heterocycles.